The maximum atomic E-state index is 10.5. The largest absolute Gasteiger partial charge is 0.481 e. The van der Waals surface area contributed by atoms with Crippen LogP contribution in [0.25, 0.3) is 0 Å². The minimum Gasteiger partial charge on any atom is -0.481 e. The average Bonchev–Trinajstić information content (AvgIpc) is 2.65. The van der Waals surface area contributed by atoms with Gasteiger partial charge < -0.3 is 14.9 Å². The number of anilines is 1. The van der Waals surface area contributed by atoms with Gasteiger partial charge in [0.2, 0.25) is 0 Å². The molecule has 1 aromatic carbocycles. The molecular formula is C15H22N2O2. The van der Waals surface area contributed by atoms with Crippen LogP contribution in [-0.2, 0) is 4.79 Å². The maximum Gasteiger partial charge on any atom is 0.303 e. The molecule has 0 aromatic heterocycles. The summed E-state index contributed by atoms with van der Waals surface area (Å²) in [6, 6.07) is 10.5. The molecule has 1 aromatic rings. The first kappa shape index (κ1) is 13.9. The Kier molecular flexibility index (Phi) is 5.21. The summed E-state index contributed by atoms with van der Waals surface area (Å²) in [6.07, 6.45) is 2.17. The highest BCUT2D eigenvalue weighted by atomic mass is 16.4. The summed E-state index contributed by atoms with van der Waals surface area (Å²) < 4.78 is 0. The highest BCUT2D eigenvalue weighted by Gasteiger charge is 2.14. The first-order valence-electron chi connectivity index (χ1n) is 7.00. The Hall–Kier alpha value is -1.55. The van der Waals surface area contributed by atoms with E-state index in [1.165, 1.54) is 5.69 Å². The molecule has 104 valence electrons. The monoisotopic (exact) mass is 262 g/mol. The maximum absolute atomic E-state index is 10.5. The molecule has 0 radical (unpaired) electrons. The molecule has 0 bridgehead atoms. The summed E-state index contributed by atoms with van der Waals surface area (Å²) in [6.45, 7) is 5.10. The van der Waals surface area contributed by atoms with Gasteiger partial charge in [0.15, 0.2) is 0 Å². The third kappa shape index (κ3) is 4.56. The van der Waals surface area contributed by atoms with Crippen molar-refractivity contribution in [2.24, 2.45) is 0 Å². The summed E-state index contributed by atoms with van der Waals surface area (Å²) in [5.41, 5.74) is 1.29. The van der Waals surface area contributed by atoms with Crippen LogP contribution in [-0.4, -0.2) is 48.7 Å². The van der Waals surface area contributed by atoms with Gasteiger partial charge in [-0.3, -0.25) is 4.79 Å². The molecule has 0 spiro atoms. The molecule has 1 aliphatic heterocycles. The SMILES string of the molecule is O=C(O)CCCN1CCCN(c2ccccc2)CC1. The van der Waals surface area contributed by atoms with Crippen LogP contribution in [0.5, 0.6) is 0 Å². The highest BCUT2D eigenvalue weighted by molar-refractivity contribution is 5.66. The lowest BCUT2D eigenvalue weighted by atomic mass is 10.3. The van der Waals surface area contributed by atoms with Crippen LogP contribution in [0.1, 0.15) is 19.3 Å². The number of carboxylic acid groups (broad SMARTS) is 1. The van der Waals surface area contributed by atoms with Gasteiger partial charge in [0, 0.05) is 31.7 Å². The molecule has 1 heterocycles. The smallest absolute Gasteiger partial charge is 0.303 e. The van der Waals surface area contributed by atoms with Crippen LogP contribution in [0, 0.1) is 0 Å². The molecule has 0 amide bonds. The Morgan fingerprint density at radius 2 is 1.89 bits per heavy atom. The summed E-state index contributed by atoms with van der Waals surface area (Å²) in [4.78, 5) is 15.3. The van der Waals surface area contributed by atoms with Gasteiger partial charge in [0.1, 0.15) is 0 Å². The molecule has 0 saturated carbocycles. The normalized spacial score (nSPS) is 17.2. The molecule has 1 N–H and O–H groups in total. The minimum absolute atomic E-state index is 0.277. The Balaban J connectivity index is 1.80. The van der Waals surface area contributed by atoms with E-state index in [9.17, 15) is 4.79 Å². The average molecular weight is 262 g/mol. The van der Waals surface area contributed by atoms with Crippen LogP contribution >= 0.6 is 0 Å². The standard InChI is InChI=1S/C15H22N2O2/c18-15(19)8-4-9-16-10-5-11-17(13-12-16)14-6-2-1-3-7-14/h1-3,6-7H,4-5,8-13H2,(H,18,19). The zero-order valence-corrected chi connectivity index (χ0v) is 11.3. The van der Waals surface area contributed by atoms with E-state index < -0.39 is 5.97 Å². The van der Waals surface area contributed by atoms with Gasteiger partial charge in [-0.2, -0.15) is 0 Å². The molecule has 1 aliphatic rings. The third-order valence-corrected chi connectivity index (χ3v) is 3.57. The topological polar surface area (TPSA) is 43.8 Å². The van der Waals surface area contributed by atoms with Gasteiger partial charge in [0.05, 0.1) is 0 Å². The first-order chi connectivity index (χ1) is 9.25. The lowest BCUT2D eigenvalue weighted by Crippen LogP contribution is -2.31. The Morgan fingerprint density at radius 3 is 2.63 bits per heavy atom. The molecule has 0 aliphatic carbocycles. The van der Waals surface area contributed by atoms with Crippen LogP contribution in [0.3, 0.4) is 0 Å². The van der Waals surface area contributed by atoms with Crippen molar-refractivity contribution in [2.45, 2.75) is 19.3 Å². The summed E-state index contributed by atoms with van der Waals surface area (Å²) in [7, 11) is 0. The number of carbonyl (C=O) groups is 1. The van der Waals surface area contributed by atoms with Crippen LogP contribution in [0.2, 0.25) is 0 Å². The van der Waals surface area contributed by atoms with E-state index in [2.05, 4.69) is 34.1 Å². The lowest BCUT2D eigenvalue weighted by molar-refractivity contribution is -0.137. The predicted molar refractivity (Wildman–Crippen MR) is 76.6 cm³/mol. The molecule has 4 heteroatoms. The molecule has 4 nitrogen and oxygen atoms in total. The Labute approximate surface area is 114 Å². The second kappa shape index (κ2) is 7.14. The molecular weight excluding hydrogens is 240 g/mol. The molecule has 1 fully saturated rings. The van der Waals surface area contributed by atoms with Crippen molar-refractivity contribution in [3.63, 3.8) is 0 Å². The van der Waals surface area contributed by atoms with Gasteiger partial charge in [-0.1, -0.05) is 18.2 Å². The number of rotatable bonds is 5. The Bertz CT molecular complexity index is 394. The molecule has 19 heavy (non-hydrogen) atoms. The first-order valence-corrected chi connectivity index (χ1v) is 7.00. The number of hydrogen-bond donors (Lipinski definition) is 1. The number of carboxylic acids is 1. The van der Waals surface area contributed by atoms with E-state index in [0.717, 1.165) is 45.6 Å². The van der Waals surface area contributed by atoms with Crippen molar-refractivity contribution in [3.8, 4) is 0 Å². The van der Waals surface area contributed by atoms with E-state index in [1.807, 2.05) is 6.07 Å². The number of para-hydroxylation sites is 1. The van der Waals surface area contributed by atoms with E-state index in [4.69, 9.17) is 5.11 Å². The van der Waals surface area contributed by atoms with Crippen molar-refractivity contribution in [1.29, 1.82) is 0 Å². The zero-order valence-electron chi connectivity index (χ0n) is 11.3. The van der Waals surface area contributed by atoms with Crippen molar-refractivity contribution >= 4 is 11.7 Å². The van der Waals surface area contributed by atoms with E-state index >= 15 is 0 Å². The number of hydrogen-bond acceptors (Lipinski definition) is 3. The number of benzene rings is 1. The van der Waals surface area contributed by atoms with Gasteiger partial charge in [-0.25, -0.2) is 0 Å². The fraction of sp³-hybridized carbons (Fsp3) is 0.533. The van der Waals surface area contributed by atoms with Crippen LogP contribution in [0.4, 0.5) is 5.69 Å². The fourth-order valence-electron chi connectivity index (χ4n) is 2.55. The summed E-state index contributed by atoms with van der Waals surface area (Å²) in [5, 5.41) is 8.66. The highest BCUT2D eigenvalue weighted by Crippen LogP contribution is 2.15. The van der Waals surface area contributed by atoms with Crippen molar-refractivity contribution in [3.05, 3.63) is 30.3 Å². The van der Waals surface area contributed by atoms with Crippen LogP contribution in [0.15, 0.2) is 30.3 Å². The van der Waals surface area contributed by atoms with E-state index in [0.29, 0.717) is 0 Å². The van der Waals surface area contributed by atoms with Gasteiger partial charge in [-0.15, -0.1) is 0 Å². The second-order valence-electron chi connectivity index (χ2n) is 5.02. The quantitative estimate of drug-likeness (QED) is 0.882. The van der Waals surface area contributed by atoms with Gasteiger partial charge >= 0.3 is 5.97 Å². The molecule has 0 atom stereocenters. The van der Waals surface area contributed by atoms with E-state index in [1.54, 1.807) is 0 Å². The molecule has 1 saturated heterocycles. The second-order valence-corrected chi connectivity index (χ2v) is 5.02. The van der Waals surface area contributed by atoms with E-state index in [-0.39, 0.29) is 6.42 Å². The fourth-order valence-corrected chi connectivity index (χ4v) is 2.55. The van der Waals surface area contributed by atoms with Crippen LogP contribution < -0.4 is 4.90 Å². The molecule has 0 unspecified atom stereocenters. The van der Waals surface area contributed by atoms with Crippen molar-refractivity contribution in [1.82, 2.24) is 4.90 Å². The predicted octanol–water partition coefficient (Wildman–Crippen LogP) is 2.06. The van der Waals surface area contributed by atoms with Gasteiger partial charge in [0.25, 0.3) is 0 Å². The third-order valence-electron chi connectivity index (χ3n) is 3.57. The van der Waals surface area contributed by atoms with Crippen molar-refractivity contribution in [2.75, 3.05) is 37.6 Å². The minimum atomic E-state index is -0.694. The van der Waals surface area contributed by atoms with Gasteiger partial charge in [-0.05, 0) is 38.1 Å². The summed E-state index contributed by atoms with van der Waals surface area (Å²) >= 11 is 0. The zero-order chi connectivity index (χ0) is 13.5. The molecule has 2 rings (SSSR count). The Morgan fingerprint density at radius 1 is 1.11 bits per heavy atom. The number of aliphatic carboxylic acids is 1. The lowest BCUT2D eigenvalue weighted by Gasteiger charge is -2.23. The number of nitrogens with zero attached hydrogens (tertiary/aromatic N) is 2. The summed E-state index contributed by atoms with van der Waals surface area (Å²) in [5.74, 6) is -0.694. The van der Waals surface area contributed by atoms with Crippen molar-refractivity contribution < 1.29 is 9.90 Å².